The van der Waals surface area contributed by atoms with Crippen molar-refractivity contribution >= 4 is 53.0 Å². The Morgan fingerprint density at radius 2 is 2.28 bits per heavy atom. The topological polar surface area (TPSA) is 49.3 Å². The highest BCUT2D eigenvalue weighted by molar-refractivity contribution is 14.0. The van der Waals surface area contributed by atoms with Crippen LogP contribution in [0.4, 0.5) is 0 Å². The summed E-state index contributed by atoms with van der Waals surface area (Å²) in [5.74, 6) is 1.92. The SMILES string of the molecule is CCc1nc(CNC(=NC)NCCSC)cs1.I. The maximum absolute atomic E-state index is 4.50. The van der Waals surface area contributed by atoms with Gasteiger partial charge in [0.15, 0.2) is 5.96 Å². The minimum Gasteiger partial charge on any atom is -0.356 e. The van der Waals surface area contributed by atoms with E-state index in [0.29, 0.717) is 0 Å². The third kappa shape index (κ3) is 6.79. The summed E-state index contributed by atoms with van der Waals surface area (Å²) >= 11 is 3.53. The van der Waals surface area contributed by atoms with E-state index in [4.69, 9.17) is 0 Å². The van der Waals surface area contributed by atoms with Gasteiger partial charge in [-0.1, -0.05) is 6.92 Å². The Morgan fingerprint density at radius 3 is 2.83 bits per heavy atom. The smallest absolute Gasteiger partial charge is 0.191 e. The van der Waals surface area contributed by atoms with E-state index in [1.807, 2.05) is 11.8 Å². The van der Waals surface area contributed by atoms with Crippen molar-refractivity contribution < 1.29 is 0 Å². The monoisotopic (exact) mass is 400 g/mol. The van der Waals surface area contributed by atoms with Crippen LogP contribution in [0.1, 0.15) is 17.6 Å². The summed E-state index contributed by atoms with van der Waals surface area (Å²) in [5, 5.41) is 9.80. The first-order valence-electron chi connectivity index (χ1n) is 5.66. The molecule has 18 heavy (non-hydrogen) atoms. The minimum atomic E-state index is 0. The lowest BCUT2D eigenvalue weighted by Gasteiger charge is -2.09. The molecule has 0 radical (unpaired) electrons. The molecule has 1 rings (SSSR count). The Bertz CT molecular complexity index is 355. The number of hydrogen-bond donors (Lipinski definition) is 2. The summed E-state index contributed by atoms with van der Waals surface area (Å²) < 4.78 is 0. The van der Waals surface area contributed by atoms with E-state index >= 15 is 0 Å². The van der Waals surface area contributed by atoms with Crippen molar-refractivity contribution in [3.8, 4) is 0 Å². The van der Waals surface area contributed by atoms with Crippen molar-refractivity contribution in [2.45, 2.75) is 19.9 Å². The fourth-order valence-electron chi connectivity index (χ4n) is 1.26. The lowest BCUT2D eigenvalue weighted by atomic mass is 10.4. The number of thiazole rings is 1. The van der Waals surface area contributed by atoms with Crippen LogP contribution in [0.25, 0.3) is 0 Å². The predicted octanol–water partition coefficient (Wildman–Crippen LogP) is 2.35. The van der Waals surface area contributed by atoms with Crippen LogP contribution in [0.5, 0.6) is 0 Å². The average Bonchev–Trinajstić information content (AvgIpc) is 2.81. The molecule has 1 heterocycles. The predicted molar refractivity (Wildman–Crippen MR) is 93.5 cm³/mol. The van der Waals surface area contributed by atoms with Crippen molar-refractivity contribution in [2.75, 3.05) is 25.6 Å². The molecule has 0 aliphatic heterocycles. The first-order chi connectivity index (χ1) is 8.30. The van der Waals surface area contributed by atoms with E-state index in [0.717, 1.165) is 36.9 Å². The summed E-state index contributed by atoms with van der Waals surface area (Å²) in [7, 11) is 1.78. The standard InChI is InChI=1S/C11H20N4S2.HI/c1-4-10-15-9(8-17-10)7-14-11(12-2)13-5-6-16-3;/h8H,4-7H2,1-3H3,(H2,12,13,14);1H. The number of hydrogen-bond acceptors (Lipinski definition) is 4. The number of aromatic nitrogens is 1. The number of nitrogens with one attached hydrogen (secondary N) is 2. The quantitative estimate of drug-likeness (QED) is 0.333. The molecule has 0 aliphatic rings. The van der Waals surface area contributed by atoms with E-state index in [2.05, 4.69) is 39.2 Å². The molecule has 0 aromatic carbocycles. The number of guanidine groups is 1. The van der Waals surface area contributed by atoms with Gasteiger partial charge in [-0.2, -0.15) is 11.8 Å². The van der Waals surface area contributed by atoms with Crippen LogP contribution in [0, 0.1) is 0 Å². The maximum Gasteiger partial charge on any atom is 0.191 e. The molecule has 1 aromatic rings. The van der Waals surface area contributed by atoms with Crippen molar-refractivity contribution in [2.24, 2.45) is 4.99 Å². The molecule has 2 N–H and O–H groups in total. The van der Waals surface area contributed by atoms with Gasteiger partial charge in [-0.05, 0) is 12.7 Å². The molecular weight excluding hydrogens is 379 g/mol. The van der Waals surface area contributed by atoms with Gasteiger partial charge in [0.05, 0.1) is 17.2 Å². The molecule has 0 saturated carbocycles. The first kappa shape index (κ1) is 18.0. The van der Waals surface area contributed by atoms with Crippen LogP contribution in [0.3, 0.4) is 0 Å². The summed E-state index contributed by atoms with van der Waals surface area (Å²) in [6, 6.07) is 0. The van der Waals surface area contributed by atoms with Crippen molar-refractivity contribution in [3.05, 3.63) is 16.1 Å². The number of aliphatic imine (C=N–C) groups is 1. The second kappa shape index (κ2) is 10.9. The fourth-order valence-corrected chi connectivity index (χ4v) is 2.31. The maximum atomic E-state index is 4.50. The fraction of sp³-hybridized carbons (Fsp3) is 0.636. The number of halogens is 1. The summed E-state index contributed by atoms with van der Waals surface area (Å²) in [6.45, 7) is 3.78. The molecule has 0 atom stereocenters. The lowest BCUT2D eigenvalue weighted by Crippen LogP contribution is -2.38. The van der Waals surface area contributed by atoms with Gasteiger partial charge >= 0.3 is 0 Å². The van der Waals surface area contributed by atoms with Gasteiger partial charge in [-0.3, -0.25) is 4.99 Å². The molecule has 0 spiro atoms. The van der Waals surface area contributed by atoms with E-state index in [1.165, 1.54) is 5.01 Å². The summed E-state index contributed by atoms with van der Waals surface area (Å²) in [6.07, 6.45) is 3.10. The molecular formula is C11H21IN4S2. The number of thioether (sulfide) groups is 1. The third-order valence-corrected chi connectivity index (χ3v) is 3.82. The molecule has 4 nitrogen and oxygen atoms in total. The first-order valence-corrected chi connectivity index (χ1v) is 7.94. The molecule has 0 bridgehead atoms. The number of rotatable bonds is 6. The normalized spacial score (nSPS) is 10.9. The molecule has 104 valence electrons. The summed E-state index contributed by atoms with van der Waals surface area (Å²) in [4.78, 5) is 8.66. The van der Waals surface area contributed by atoms with Gasteiger partial charge in [-0.15, -0.1) is 35.3 Å². The van der Waals surface area contributed by atoms with Crippen molar-refractivity contribution in [1.29, 1.82) is 0 Å². The minimum absolute atomic E-state index is 0. The highest BCUT2D eigenvalue weighted by Gasteiger charge is 2.01. The molecule has 1 aromatic heterocycles. The van der Waals surface area contributed by atoms with E-state index in [9.17, 15) is 0 Å². The van der Waals surface area contributed by atoms with Crippen molar-refractivity contribution in [1.82, 2.24) is 15.6 Å². The van der Waals surface area contributed by atoms with Crippen LogP contribution in [0.15, 0.2) is 10.4 Å². The number of nitrogens with zero attached hydrogens (tertiary/aromatic N) is 2. The zero-order valence-corrected chi connectivity index (χ0v) is 15.0. The van der Waals surface area contributed by atoms with E-state index < -0.39 is 0 Å². The van der Waals surface area contributed by atoms with Crippen molar-refractivity contribution in [3.63, 3.8) is 0 Å². The number of aryl methyl sites for hydroxylation is 1. The second-order valence-electron chi connectivity index (χ2n) is 3.43. The van der Waals surface area contributed by atoms with Gasteiger partial charge in [0.2, 0.25) is 0 Å². The molecule has 0 fully saturated rings. The highest BCUT2D eigenvalue weighted by Crippen LogP contribution is 2.09. The van der Waals surface area contributed by atoms with Gasteiger partial charge in [0.25, 0.3) is 0 Å². The highest BCUT2D eigenvalue weighted by atomic mass is 127. The van der Waals surface area contributed by atoms with E-state index in [1.54, 1.807) is 18.4 Å². The van der Waals surface area contributed by atoms with Gasteiger partial charge in [0, 0.05) is 24.7 Å². The van der Waals surface area contributed by atoms with Gasteiger partial charge in [-0.25, -0.2) is 4.98 Å². The molecule has 7 heteroatoms. The van der Waals surface area contributed by atoms with Crippen LogP contribution in [0.2, 0.25) is 0 Å². The Hall–Kier alpha value is -0.0200. The summed E-state index contributed by atoms with van der Waals surface area (Å²) in [5.41, 5.74) is 1.08. The Kier molecular flexibility index (Phi) is 10.8. The second-order valence-corrected chi connectivity index (χ2v) is 5.36. The van der Waals surface area contributed by atoms with E-state index in [-0.39, 0.29) is 24.0 Å². The van der Waals surface area contributed by atoms with Crippen LogP contribution >= 0.6 is 47.1 Å². The molecule has 0 saturated heterocycles. The Balaban J connectivity index is 0.00000289. The van der Waals surface area contributed by atoms with Crippen LogP contribution in [-0.4, -0.2) is 36.5 Å². The molecule has 0 amide bonds. The Labute approximate surface area is 134 Å². The molecule has 0 unspecified atom stereocenters. The van der Waals surface area contributed by atoms with Gasteiger partial charge in [0.1, 0.15) is 0 Å². The zero-order valence-electron chi connectivity index (χ0n) is 11.0. The third-order valence-electron chi connectivity index (χ3n) is 2.16. The van der Waals surface area contributed by atoms with Crippen LogP contribution in [-0.2, 0) is 13.0 Å². The van der Waals surface area contributed by atoms with Gasteiger partial charge < -0.3 is 10.6 Å². The largest absolute Gasteiger partial charge is 0.356 e. The lowest BCUT2D eigenvalue weighted by molar-refractivity contribution is 0.813. The zero-order chi connectivity index (χ0) is 12.5. The van der Waals surface area contributed by atoms with Crippen LogP contribution < -0.4 is 10.6 Å². The molecule has 0 aliphatic carbocycles. The average molecular weight is 400 g/mol. The Morgan fingerprint density at radius 1 is 1.50 bits per heavy atom.